The van der Waals surface area contributed by atoms with Gasteiger partial charge in [0.1, 0.15) is 40.8 Å². The molecule has 4 heterocycles. The van der Waals surface area contributed by atoms with Crippen LogP contribution in [0.25, 0.3) is 22.2 Å². The lowest BCUT2D eigenvalue weighted by Gasteiger charge is -2.47. The lowest BCUT2D eigenvalue weighted by Crippen LogP contribution is -2.68. The average Bonchev–Trinajstić information content (AvgIpc) is 4.15. The highest BCUT2D eigenvalue weighted by Crippen LogP contribution is 2.48. The number of ether oxygens (including phenoxy) is 4. The summed E-state index contributed by atoms with van der Waals surface area (Å²) in [6, 6.07) is 7.09. The molecule has 4 aliphatic rings. The minimum Gasteiger partial charge on any atom is -0.497 e. The second kappa shape index (κ2) is 18.7. The van der Waals surface area contributed by atoms with E-state index in [2.05, 4.69) is 15.0 Å². The summed E-state index contributed by atoms with van der Waals surface area (Å²) in [4.78, 5) is 68.8. The van der Waals surface area contributed by atoms with Gasteiger partial charge in [0.15, 0.2) is 0 Å². The van der Waals surface area contributed by atoms with E-state index in [9.17, 15) is 27.9 Å². The van der Waals surface area contributed by atoms with Gasteiger partial charge in [-0.15, -0.1) is 0 Å². The lowest BCUT2D eigenvalue weighted by atomic mass is 9.90. The number of nitrogens with zero attached hydrogens (tertiary/aromatic N) is 4. The van der Waals surface area contributed by atoms with Gasteiger partial charge in [0.2, 0.25) is 27.7 Å². The number of hydrogen-bond acceptors (Lipinski definition) is 12. The Bertz CT molecular complexity index is 2570. The van der Waals surface area contributed by atoms with E-state index in [0.29, 0.717) is 71.2 Å². The summed E-state index contributed by atoms with van der Waals surface area (Å²) in [6.45, 7) is 10.9. The van der Waals surface area contributed by atoms with Crippen LogP contribution in [-0.2, 0) is 29.1 Å². The maximum atomic E-state index is 15.6. The van der Waals surface area contributed by atoms with E-state index < -0.39 is 91.9 Å². The first kappa shape index (κ1) is 50.3. The summed E-state index contributed by atoms with van der Waals surface area (Å²) in [6.07, 6.45) is 1.49. The summed E-state index contributed by atoms with van der Waals surface area (Å²) < 4.78 is 83.4. The lowest BCUT2D eigenvalue weighted by molar-refractivity contribution is -0.166. The molecular weight excluding hydrogens is 907 g/mol. The Morgan fingerprint density at radius 1 is 1.10 bits per heavy atom. The number of carbonyl (C=O) groups excluding carboxylic acids is 3. The van der Waals surface area contributed by atoms with E-state index in [4.69, 9.17) is 23.9 Å². The number of halogens is 2. The Kier molecular flexibility index (Phi) is 13.8. The maximum absolute atomic E-state index is 15.6. The fourth-order valence-corrected chi connectivity index (χ4v) is 10.2. The SMILES string of the molecule is CC[C@@H]1O[C@H](C)CC/C=C\[C@@H]2C[C@@]2(C(=O)NS(=O)(=O)C2(C)CC2)NC(=O)[C@@H]2C[C@@H](Oc3nc(-c4ccc(OC(C)C)cn4)cc4cc(OC)ccc34)CN2C(=O)[C@H]1N(C(=O)O)C(C)(C)C(C)(F)F. The molecule has 2 aliphatic heterocycles. The number of methoxy groups -OCH3 is 1. The number of benzene rings is 1. The number of fused-ring (bicyclic) bond motifs is 3. The maximum Gasteiger partial charge on any atom is 0.408 e. The quantitative estimate of drug-likeness (QED) is 0.154. The molecule has 1 saturated heterocycles. The number of nitrogens with one attached hydrogen (secondary N) is 2. The van der Waals surface area contributed by atoms with E-state index in [1.165, 1.54) is 14.0 Å². The molecule has 20 heteroatoms. The van der Waals surface area contributed by atoms with Crippen LogP contribution >= 0.6 is 0 Å². The van der Waals surface area contributed by atoms with Crippen molar-refractivity contribution in [2.45, 2.75) is 159 Å². The molecule has 2 aromatic heterocycles. The number of pyridine rings is 2. The molecule has 0 bridgehead atoms. The topological polar surface area (TPSA) is 216 Å². The van der Waals surface area contributed by atoms with Crippen molar-refractivity contribution in [2.75, 3.05) is 13.7 Å². The minimum absolute atomic E-state index is 0.0138. The van der Waals surface area contributed by atoms with Gasteiger partial charge in [-0.05, 0) is 122 Å². The Labute approximate surface area is 395 Å². The Morgan fingerprint density at radius 2 is 1.81 bits per heavy atom. The fraction of sp³-hybridized carbons (Fsp3) is 0.583. The first-order valence-corrected chi connectivity index (χ1v) is 24.5. The van der Waals surface area contributed by atoms with Crippen LogP contribution in [0.3, 0.4) is 0 Å². The Morgan fingerprint density at radius 3 is 2.41 bits per heavy atom. The molecule has 7 atom stereocenters. The van der Waals surface area contributed by atoms with E-state index in [1.54, 1.807) is 68.6 Å². The first-order chi connectivity index (χ1) is 31.8. The number of rotatable bonds is 13. The predicted octanol–water partition coefficient (Wildman–Crippen LogP) is 6.63. The summed E-state index contributed by atoms with van der Waals surface area (Å²) in [5.41, 5.74) is -3.36. The molecule has 68 heavy (non-hydrogen) atoms. The minimum atomic E-state index is -4.14. The molecule has 3 fully saturated rings. The first-order valence-electron chi connectivity index (χ1n) is 23.0. The zero-order chi connectivity index (χ0) is 49.7. The number of alkyl halides is 2. The third kappa shape index (κ3) is 9.93. The van der Waals surface area contributed by atoms with E-state index in [-0.39, 0.29) is 37.8 Å². The van der Waals surface area contributed by atoms with Crippen molar-refractivity contribution in [1.82, 2.24) is 29.8 Å². The fourth-order valence-electron chi connectivity index (χ4n) is 8.90. The van der Waals surface area contributed by atoms with Crippen LogP contribution in [-0.4, -0.2) is 129 Å². The molecule has 17 nitrogen and oxygen atoms in total. The van der Waals surface area contributed by atoms with Crippen LogP contribution in [0.4, 0.5) is 13.6 Å². The van der Waals surface area contributed by atoms with Crippen LogP contribution < -0.4 is 24.2 Å². The summed E-state index contributed by atoms with van der Waals surface area (Å²) in [5.74, 6) is -5.96. The number of amides is 4. The molecule has 7 rings (SSSR count). The average molecular weight is 969 g/mol. The largest absolute Gasteiger partial charge is 0.497 e. The zero-order valence-electron chi connectivity index (χ0n) is 39.9. The van der Waals surface area contributed by atoms with Gasteiger partial charge in [0.05, 0.1) is 54.3 Å². The molecule has 370 valence electrons. The van der Waals surface area contributed by atoms with Gasteiger partial charge in [-0.25, -0.2) is 27.0 Å². The standard InChI is InChI=1S/C48H62F2N6O11S/c1-10-38-39(56(44(60)61)45(5,6)47(8,49)50)42(58)55-26-33(67-41-34-17-15-31(64-9)21-29(34)22-36(52-41)35-18-16-32(25-51-35)65-27(2)3)23-37(55)40(57)53-48(24-30(48)14-12-11-13-28(4)66-38)43(59)54-68(62,63)46(7)19-20-46/h12,14-18,21-22,25,27-28,30,33,37-39H,10-11,13,19-20,23-24,26H2,1-9H3,(H,53,57)(H,54,59)(H,60,61)/b14-12-/t28-,30-,33-,37+,38+,39+,48-/m1/s1. The van der Waals surface area contributed by atoms with Crippen molar-refractivity contribution in [3.63, 3.8) is 0 Å². The van der Waals surface area contributed by atoms with E-state index >= 15 is 13.6 Å². The number of carboxylic acid groups (broad SMARTS) is 1. The molecule has 3 N–H and O–H groups in total. The normalized spacial score (nSPS) is 26.9. The van der Waals surface area contributed by atoms with Crippen LogP contribution in [0.15, 0.2) is 54.7 Å². The summed E-state index contributed by atoms with van der Waals surface area (Å²) >= 11 is 0. The molecule has 4 amide bonds. The van der Waals surface area contributed by atoms with Crippen LogP contribution in [0.2, 0.25) is 0 Å². The Balaban J connectivity index is 1.33. The van der Waals surface area contributed by atoms with Gasteiger partial charge in [0.25, 0.3) is 11.8 Å². The predicted molar refractivity (Wildman–Crippen MR) is 247 cm³/mol. The van der Waals surface area contributed by atoms with Crippen molar-refractivity contribution in [3.8, 4) is 28.8 Å². The number of allylic oxidation sites excluding steroid dienone is 1. The number of hydrogen-bond donors (Lipinski definition) is 3. The molecule has 0 radical (unpaired) electrons. The van der Waals surface area contributed by atoms with E-state index in [0.717, 1.165) is 18.7 Å². The van der Waals surface area contributed by atoms with Crippen LogP contribution in [0.5, 0.6) is 17.4 Å². The highest BCUT2D eigenvalue weighted by molar-refractivity contribution is 7.91. The summed E-state index contributed by atoms with van der Waals surface area (Å²) in [5, 5.41) is 14.8. The molecule has 0 unspecified atom stereocenters. The Hall–Kier alpha value is -5.63. The van der Waals surface area contributed by atoms with Crippen molar-refractivity contribution >= 4 is 44.6 Å². The molecular formula is C48H62F2N6O11S. The third-order valence-corrected chi connectivity index (χ3v) is 15.9. The molecule has 2 aliphatic carbocycles. The van der Waals surface area contributed by atoms with Gasteiger partial charge in [0, 0.05) is 24.6 Å². The molecule has 0 spiro atoms. The van der Waals surface area contributed by atoms with Gasteiger partial charge in [-0.3, -0.25) is 29.0 Å². The smallest absolute Gasteiger partial charge is 0.408 e. The molecule has 3 aromatic rings. The molecule has 1 aromatic carbocycles. The highest BCUT2D eigenvalue weighted by Gasteiger charge is 2.64. The second-order valence-electron chi connectivity index (χ2n) is 19.5. The second-order valence-corrected chi connectivity index (χ2v) is 21.7. The van der Waals surface area contributed by atoms with E-state index in [1.807, 2.05) is 13.8 Å². The third-order valence-electron chi connectivity index (χ3n) is 13.8. The van der Waals surface area contributed by atoms with Crippen molar-refractivity contribution in [3.05, 3.63) is 54.7 Å². The number of carbonyl (C=O) groups is 4. The van der Waals surface area contributed by atoms with Crippen molar-refractivity contribution in [1.29, 1.82) is 0 Å². The van der Waals surface area contributed by atoms with Gasteiger partial charge in [-0.1, -0.05) is 19.1 Å². The highest BCUT2D eigenvalue weighted by atomic mass is 32.2. The van der Waals surface area contributed by atoms with Gasteiger partial charge in [-0.2, -0.15) is 0 Å². The van der Waals surface area contributed by atoms with Gasteiger partial charge >= 0.3 is 6.09 Å². The number of aromatic nitrogens is 2. The zero-order valence-corrected chi connectivity index (χ0v) is 40.7. The molecule has 2 saturated carbocycles. The van der Waals surface area contributed by atoms with Crippen molar-refractivity contribution < 1.29 is 60.4 Å². The van der Waals surface area contributed by atoms with Crippen molar-refractivity contribution in [2.24, 2.45) is 5.92 Å². The monoisotopic (exact) mass is 968 g/mol. The van der Waals surface area contributed by atoms with Crippen LogP contribution in [0.1, 0.15) is 100 Å². The summed E-state index contributed by atoms with van der Waals surface area (Å²) in [7, 11) is -2.62. The number of sulfonamides is 1. The van der Waals surface area contributed by atoms with Crippen LogP contribution in [0, 0.1) is 5.92 Å². The van der Waals surface area contributed by atoms with Gasteiger partial charge < -0.3 is 34.3 Å².